The summed E-state index contributed by atoms with van der Waals surface area (Å²) >= 11 is 0. The first kappa shape index (κ1) is 17.3. The summed E-state index contributed by atoms with van der Waals surface area (Å²) in [6.45, 7) is 4.02. The van der Waals surface area contributed by atoms with Gasteiger partial charge in [-0.15, -0.1) is 0 Å². The predicted octanol–water partition coefficient (Wildman–Crippen LogP) is 1.45. The van der Waals surface area contributed by atoms with Crippen molar-refractivity contribution < 1.29 is 17.9 Å². The summed E-state index contributed by atoms with van der Waals surface area (Å²) in [5.74, 6) is 0.715. The number of nitrogens with zero attached hydrogens (tertiary/aromatic N) is 3. The Balaban J connectivity index is 1.69. The summed E-state index contributed by atoms with van der Waals surface area (Å²) in [6.07, 6.45) is 3.35. The first-order valence-electron chi connectivity index (χ1n) is 9.22. The monoisotopic (exact) mass is 400 g/mol. The van der Waals surface area contributed by atoms with Gasteiger partial charge in [0.05, 0.1) is 11.2 Å². The van der Waals surface area contributed by atoms with Crippen LogP contribution in [0.2, 0.25) is 0 Å². The van der Waals surface area contributed by atoms with E-state index in [4.69, 9.17) is 9.47 Å². The fourth-order valence-corrected chi connectivity index (χ4v) is 5.21. The molecule has 2 aliphatic rings. The minimum absolute atomic E-state index is 0.0947. The van der Waals surface area contributed by atoms with E-state index < -0.39 is 10.0 Å². The third-order valence-electron chi connectivity index (χ3n) is 5.03. The van der Waals surface area contributed by atoms with Crippen LogP contribution in [-0.4, -0.2) is 56.8 Å². The van der Waals surface area contributed by atoms with E-state index >= 15 is 0 Å². The lowest BCUT2D eigenvalue weighted by molar-refractivity contribution is 0.167. The molecule has 0 spiro atoms. The Morgan fingerprint density at radius 2 is 1.86 bits per heavy atom. The molecule has 1 aromatic carbocycles. The molecule has 3 aromatic rings. The lowest BCUT2D eigenvalue weighted by Crippen LogP contribution is -2.43. The van der Waals surface area contributed by atoms with Crippen LogP contribution in [0.4, 0.5) is 5.69 Å². The van der Waals surface area contributed by atoms with Gasteiger partial charge in [0.15, 0.2) is 11.5 Å². The number of ether oxygens (including phenoxy) is 2. The Hall–Kier alpha value is -2.78. The van der Waals surface area contributed by atoms with Crippen LogP contribution >= 0.6 is 0 Å². The van der Waals surface area contributed by atoms with Gasteiger partial charge in [-0.3, -0.25) is 4.98 Å². The van der Waals surface area contributed by atoms with Crippen LogP contribution < -0.4 is 19.7 Å². The van der Waals surface area contributed by atoms with Crippen molar-refractivity contribution in [1.29, 1.82) is 0 Å². The van der Waals surface area contributed by atoms with Gasteiger partial charge in [-0.25, -0.2) is 12.4 Å². The van der Waals surface area contributed by atoms with E-state index in [9.17, 15) is 8.42 Å². The van der Waals surface area contributed by atoms with E-state index in [-0.39, 0.29) is 10.6 Å². The van der Waals surface area contributed by atoms with Crippen molar-refractivity contribution in [3.8, 4) is 11.5 Å². The molecule has 1 fully saturated rings. The van der Waals surface area contributed by atoms with Crippen molar-refractivity contribution >= 4 is 26.7 Å². The zero-order valence-electron chi connectivity index (χ0n) is 15.2. The molecular weight excluding hydrogens is 380 g/mol. The third-order valence-corrected chi connectivity index (χ3v) is 6.73. The topological polar surface area (TPSA) is 85.7 Å². The summed E-state index contributed by atoms with van der Waals surface area (Å²) in [5, 5.41) is 3.31. The minimum Gasteiger partial charge on any atom is -0.486 e. The highest BCUT2D eigenvalue weighted by molar-refractivity contribution is 7.90. The fraction of sp³-hybridized carbons (Fsp3) is 0.316. The number of hydrogen-bond acceptors (Lipinski definition) is 7. The smallest absolute Gasteiger partial charge is 0.272 e. The van der Waals surface area contributed by atoms with Crippen LogP contribution in [-0.2, 0) is 10.0 Å². The number of pyridine rings is 1. The average molecular weight is 400 g/mol. The largest absolute Gasteiger partial charge is 0.486 e. The van der Waals surface area contributed by atoms with E-state index in [1.54, 1.807) is 42.7 Å². The highest BCUT2D eigenvalue weighted by Gasteiger charge is 2.29. The quantitative estimate of drug-likeness (QED) is 0.712. The van der Waals surface area contributed by atoms with Crippen molar-refractivity contribution in [2.75, 3.05) is 44.3 Å². The van der Waals surface area contributed by atoms with Gasteiger partial charge in [0.1, 0.15) is 23.6 Å². The number of fused-ring (bicyclic) bond motifs is 2. The van der Waals surface area contributed by atoms with Crippen LogP contribution in [0.1, 0.15) is 0 Å². The van der Waals surface area contributed by atoms with Crippen LogP contribution in [0.3, 0.4) is 0 Å². The lowest BCUT2D eigenvalue weighted by Gasteiger charge is -2.28. The molecule has 2 aliphatic heterocycles. The molecule has 5 rings (SSSR count). The molecule has 28 heavy (non-hydrogen) atoms. The minimum atomic E-state index is -3.90. The third kappa shape index (κ3) is 2.70. The molecule has 0 amide bonds. The maximum Gasteiger partial charge on any atom is 0.272 e. The summed E-state index contributed by atoms with van der Waals surface area (Å²) in [5.41, 5.74) is 2.04. The van der Waals surface area contributed by atoms with Crippen LogP contribution in [0.5, 0.6) is 11.5 Å². The predicted molar refractivity (Wildman–Crippen MR) is 105 cm³/mol. The first-order valence-corrected chi connectivity index (χ1v) is 10.7. The molecule has 0 radical (unpaired) electrons. The molecule has 146 valence electrons. The van der Waals surface area contributed by atoms with Gasteiger partial charge in [-0.2, -0.15) is 0 Å². The van der Waals surface area contributed by atoms with E-state index in [1.165, 1.54) is 3.97 Å². The maximum absolute atomic E-state index is 13.6. The van der Waals surface area contributed by atoms with Gasteiger partial charge >= 0.3 is 0 Å². The molecule has 1 saturated heterocycles. The number of anilines is 1. The summed E-state index contributed by atoms with van der Waals surface area (Å²) < 4.78 is 39.7. The number of benzene rings is 1. The van der Waals surface area contributed by atoms with Gasteiger partial charge in [-0.1, -0.05) is 6.07 Å². The highest BCUT2D eigenvalue weighted by Crippen LogP contribution is 2.39. The second-order valence-corrected chi connectivity index (χ2v) is 8.49. The van der Waals surface area contributed by atoms with E-state index in [0.717, 1.165) is 31.9 Å². The molecule has 0 atom stereocenters. The SMILES string of the molecule is O=S(=O)(c1cccc2c1OCCO2)n1cc(N2CCNCC2)c2ncccc21. The van der Waals surface area contributed by atoms with Crippen molar-refractivity contribution in [1.82, 2.24) is 14.3 Å². The average Bonchev–Trinajstić information content (AvgIpc) is 3.14. The van der Waals surface area contributed by atoms with Crippen LogP contribution in [0.25, 0.3) is 11.0 Å². The number of aromatic nitrogens is 2. The Morgan fingerprint density at radius 3 is 2.71 bits per heavy atom. The van der Waals surface area contributed by atoms with E-state index in [1.807, 2.05) is 0 Å². The molecule has 0 saturated carbocycles. The standard InChI is InChI=1S/C19H20N4O4S/c24-28(25,17-5-1-4-16-19(17)27-12-11-26-16)23-13-15(22-9-7-20-8-10-22)18-14(23)3-2-6-21-18/h1-6,13,20H,7-12H2. The van der Waals surface area contributed by atoms with Crippen molar-refractivity contribution in [2.45, 2.75) is 4.90 Å². The lowest BCUT2D eigenvalue weighted by atomic mass is 10.3. The van der Waals surface area contributed by atoms with Crippen molar-refractivity contribution in [3.05, 3.63) is 42.7 Å². The molecule has 8 nitrogen and oxygen atoms in total. The zero-order valence-corrected chi connectivity index (χ0v) is 16.0. The van der Waals surface area contributed by atoms with Gasteiger partial charge in [0, 0.05) is 38.6 Å². The van der Waals surface area contributed by atoms with Gasteiger partial charge in [-0.05, 0) is 24.3 Å². The van der Waals surface area contributed by atoms with Gasteiger partial charge < -0.3 is 19.7 Å². The molecule has 0 aliphatic carbocycles. The second-order valence-electron chi connectivity index (χ2n) is 6.70. The number of nitrogens with one attached hydrogen (secondary N) is 1. The van der Waals surface area contributed by atoms with E-state index in [2.05, 4.69) is 15.2 Å². The Bertz CT molecular complexity index is 1140. The number of rotatable bonds is 3. The Kier molecular flexibility index (Phi) is 4.13. The summed E-state index contributed by atoms with van der Waals surface area (Å²) in [7, 11) is -3.90. The van der Waals surface area contributed by atoms with Gasteiger partial charge in [0.25, 0.3) is 10.0 Å². The summed E-state index contributed by atoms with van der Waals surface area (Å²) in [4.78, 5) is 6.73. The zero-order chi connectivity index (χ0) is 19.1. The van der Waals surface area contributed by atoms with Crippen molar-refractivity contribution in [2.24, 2.45) is 0 Å². The molecule has 0 unspecified atom stereocenters. The maximum atomic E-state index is 13.6. The molecule has 1 N–H and O–H groups in total. The van der Waals surface area contributed by atoms with Crippen LogP contribution in [0.15, 0.2) is 47.6 Å². The Labute approximate surface area is 162 Å². The second kappa shape index (κ2) is 6.68. The summed E-state index contributed by atoms with van der Waals surface area (Å²) in [6, 6.07) is 8.46. The molecule has 4 heterocycles. The number of para-hydroxylation sites is 1. The first-order chi connectivity index (χ1) is 13.7. The van der Waals surface area contributed by atoms with Crippen molar-refractivity contribution in [3.63, 3.8) is 0 Å². The van der Waals surface area contributed by atoms with Crippen LogP contribution in [0, 0.1) is 0 Å². The molecular formula is C19H20N4O4S. The number of piperazine rings is 1. The molecule has 0 bridgehead atoms. The highest BCUT2D eigenvalue weighted by atomic mass is 32.2. The number of hydrogen-bond donors (Lipinski definition) is 1. The molecule has 9 heteroatoms. The van der Waals surface area contributed by atoms with E-state index in [0.29, 0.717) is 30.0 Å². The Morgan fingerprint density at radius 1 is 1.04 bits per heavy atom. The normalized spacial score (nSPS) is 17.1. The molecule has 2 aromatic heterocycles. The van der Waals surface area contributed by atoms with Gasteiger partial charge in [0.2, 0.25) is 0 Å². The fourth-order valence-electron chi connectivity index (χ4n) is 3.71.